The fourth-order valence-corrected chi connectivity index (χ4v) is 5.06. The normalized spacial score (nSPS) is 15.2. The Morgan fingerprint density at radius 1 is 0.938 bits per heavy atom. The van der Waals surface area contributed by atoms with Crippen molar-refractivity contribution in [2.75, 3.05) is 20.1 Å². The highest BCUT2D eigenvalue weighted by atomic mass is 19.1. The first kappa shape index (κ1) is 22.9. The molecule has 0 saturated heterocycles. The molecule has 0 bridgehead atoms. The van der Waals surface area contributed by atoms with Crippen LogP contribution in [0.2, 0.25) is 0 Å². The van der Waals surface area contributed by atoms with Crippen molar-refractivity contribution in [3.8, 4) is 0 Å². The molecular formula is C27H37FN4. The zero-order valence-corrected chi connectivity index (χ0v) is 19.4. The smallest absolute Gasteiger partial charge is 0.213 e. The van der Waals surface area contributed by atoms with Gasteiger partial charge < -0.3 is 9.88 Å². The standard InChI is InChI=1S/C27H37FN4/c1-31(24-12-4-2-5-13-24)17-8-3-9-18-32(21-23-11-10-16-27(28)30-23)20-22-19-29-26-15-7-6-14-25(22)26/h6-7,10-11,14-16,19,24,29H,2-5,8-9,12-13,17-18,20-21H2,1H3. The molecule has 1 aliphatic carbocycles. The lowest BCUT2D eigenvalue weighted by Crippen LogP contribution is -2.34. The van der Waals surface area contributed by atoms with Crippen LogP contribution in [0.5, 0.6) is 0 Å². The second-order valence-corrected chi connectivity index (χ2v) is 9.35. The largest absolute Gasteiger partial charge is 0.361 e. The summed E-state index contributed by atoms with van der Waals surface area (Å²) in [6.45, 7) is 3.69. The van der Waals surface area contributed by atoms with E-state index in [2.05, 4.69) is 57.3 Å². The molecule has 5 heteroatoms. The molecule has 0 unspecified atom stereocenters. The number of hydrogen-bond donors (Lipinski definition) is 1. The lowest BCUT2D eigenvalue weighted by atomic mass is 9.94. The van der Waals surface area contributed by atoms with Crippen molar-refractivity contribution in [1.29, 1.82) is 0 Å². The SMILES string of the molecule is CN(CCCCCN(Cc1cccc(F)n1)Cc1c[nH]c2ccccc12)C1CCCCC1. The van der Waals surface area contributed by atoms with Gasteiger partial charge in [0.15, 0.2) is 0 Å². The number of hydrogen-bond acceptors (Lipinski definition) is 3. The third-order valence-corrected chi connectivity index (χ3v) is 6.91. The van der Waals surface area contributed by atoms with Gasteiger partial charge in [-0.1, -0.05) is 49.9 Å². The Hall–Kier alpha value is -2.24. The van der Waals surface area contributed by atoms with Crippen molar-refractivity contribution in [2.45, 2.75) is 70.5 Å². The number of aromatic amines is 1. The molecule has 3 aromatic rings. The van der Waals surface area contributed by atoms with Gasteiger partial charge in [-0.15, -0.1) is 0 Å². The van der Waals surface area contributed by atoms with E-state index in [-0.39, 0.29) is 0 Å². The van der Waals surface area contributed by atoms with Crippen molar-refractivity contribution >= 4 is 10.9 Å². The van der Waals surface area contributed by atoms with Crippen molar-refractivity contribution in [3.63, 3.8) is 0 Å². The summed E-state index contributed by atoms with van der Waals surface area (Å²) >= 11 is 0. The Balaban J connectivity index is 1.31. The van der Waals surface area contributed by atoms with E-state index in [1.54, 1.807) is 6.07 Å². The molecule has 4 nitrogen and oxygen atoms in total. The van der Waals surface area contributed by atoms with Gasteiger partial charge in [0.2, 0.25) is 5.95 Å². The molecule has 0 atom stereocenters. The van der Waals surface area contributed by atoms with Crippen LogP contribution in [0.15, 0.2) is 48.7 Å². The minimum Gasteiger partial charge on any atom is -0.361 e. The number of halogens is 1. The average Bonchev–Trinajstić information content (AvgIpc) is 3.22. The van der Waals surface area contributed by atoms with Crippen molar-refractivity contribution in [1.82, 2.24) is 19.8 Å². The van der Waals surface area contributed by atoms with E-state index in [0.717, 1.165) is 36.8 Å². The van der Waals surface area contributed by atoms with Crippen LogP contribution in [-0.4, -0.2) is 45.9 Å². The number of nitrogens with one attached hydrogen (secondary N) is 1. The molecule has 0 amide bonds. The van der Waals surface area contributed by atoms with Gasteiger partial charge in [0.05, 0.1) is 5.69 Å². The molecule has 32 heavy (non-hydrogen) atoms. The van der Waals surface area contributed by atoms with Crippen LogP contribution in [0.25, 0.3) is 10.9 Å². The van der Waals surface area contributed by atoms with E-state index < -0.39 is 5.95 Å². The number of fused-ring (bicyclic) bond motifs is 1. The topological polar surface area (TPSA) is 35.2 Å². The first-order valence-corrected chi connectivity index (χ1v) is 12.3. The van der Waals surface area contributed by atoms with E-state index in [0.29, 0.717) is 6.54 Å². The summed E-state index contributed by atoms with van der Waals surface area (Å²) in [5, 5.41) is 1.26. The maximum Gasteiger partial charge on any atom is 0.213 e. The summed E-state index contributed by atoms with van der Waals surface area (Å²) < 4.78 is 13.6. The lowest BCUT2D eigenvalue weighted by molar-refractivity contribution is 0.186. The highest BCUT2D eigenvalue weighted by Gasteiger charge is 2.17. The third kappa shape index (κ3) is 6.39. The Labute approximate surface area is 191 Å². The van der Waals surface area contributed by atoms with Crippen LogP contribution < -0.4 is 0 Å². The predicted octanol–water partition coefficient (Wildman–Crippen LogP) is 6.14. The molecule has 1 fully saturated rings. The Kier molecular flexibility index (Phi) is 8.30. The highest BCUT2D eigenvalue weighted by molar-refractivity contribution is 5.82. The van der Waals surface area contributed by atoms with Crippen LogP contribution in [0.3, 0.4) is 0 Å². The number of aromatic nitrogens is 2. The van der Waals surface area contributed by atoms with Gasteiger partial charge in [-0.05, 0) is 69.6 Å². The molecule has 0 spiro atoms. The van der Waals surface area contributed by atoms with Crippen LogP contribution in [-0.2, 0) is 13.1 Å². The van der Waals surface area contributed by atoms with Crippen LogP contribution in [0, 0.1) is 5.95 Å². The molecular weight excluding hydrogens is 399 g/mol. The number of H-pyrrole nitrogens is 1. The second-order valence-electron chi connectivity index (χ2n) is 9.35. The Morgan fingerprint density at radius 2 is 1.75 bits per heavy atom. The fraction of sp³-hybridized carbons (Fsp3) is 0.519. The van der Waals surface area contributed by atoms with Crippen molar-refractivity contribution < 1.29 is 4.39 Å². The summed E-state index contributed by atoms with van der Waals surface area (Å²) in [7, 11) is 2.30. The van der Waals surface area contributed by atoms with Gasteiger partial charge >= 0.3 is 0 Å². The van der Waals surface area contributed by atoms with E-state index in [9.17, 15) is 4.39 Å². The van der Waals surface area contributed by atoms with Crippen LogP contribution in [0.1, 0.15) is 62.6 Å². The van der Waals surface area contributed by atoms with Crippen molar-refractivity contribution in [3.05, 3.63) is 65.9 Å². The molecule has 1 N–H and O–H groups in total. The van der Waals surface area contributed by atoms with Crippen LogP contribution >= 0.6 is 0 Å². The highest BCUT2D eigenvalue weighted by Crippen LogP contribution is 2.23. The number of para-hydroxylation sites is 1. The molecule has 1 aliphatic rings. The number of nitrogens with zero attached hydrogens (tertiary/aromatic N) is 3. The number of benzene rings is 1. The Bertz CT molecular complexity index is 963. The minimum atomic E-state index is -0.403. The summed E-state index contributed by atoms with van der Waals surface area (Å²) in [6.07, 6.45) is 12.7. The zero-order chi connectivity index (χ0) is 22.2. The molecule has 2 heterocycles. The van der Waals surface area contributed by atoms with Gasteiger partial charge in [-0.2, -0.15) is 4.39 Å². The first-order valence-electron chi connectivity index (χ1n) is 12.3. The van der Waals surface area contributed by atoms with Gasteiger partial charge in [0.25, 0.3) is 0 Å². The van der Waals surface area contributed by atoms with Crippen LogP contribution in [0.4, 0.5) is 4.39 Å². The molecule has 1 aromatic carbocycles. The van der Waals surface area contributed by atoms with Gasteiger partial charge in [0, 0.05) is 36.2 Å². The monoisotopic (exact) mass is 436 g/mol. The van der Waals surface area contributed by atoms with Gasteiger partial charge in [-0.25, -0.2) is 4.98 Å². The summed E-state index contributed by atoms with van der Waals surface area (Å²) in [4.78, 5) is 12.5. The number of rotatable bonds is 11. The van der Waals surface area contributed by atoms with Crippen molar-refractivity contribution in [2.24, 2.45) is 0 Å². The molecule has 2 aromatic heterocycles. The summed E-state index contributed by atoms with van der Waals surface area (Å²) in [6, 6.07) is 14.3. The average molecular weight is 437 g/mol. The molecule has 172 valence electrons. The first-order chi connectivity index (χ1) is 15.7. The second kappa shape index (κ2) is 11.6. The number of unbranched alkanes of at least 4 members (excludes halogenated alkanes) is 2. The van der Waals surface area contributed by atoms with E-state index in [1.165, 1.54) is 68.5 Å². The maximum absolute atomic E-state index is 13.6. The summed E-state index contributed by atoms with van der Waals surface area (Å²) in [5.41, 5.74) is 3.24. The molecule has 0 radical (unpaired) electrons. The van der Waals surface area contributed by atoms with Gasteiger partial charge in [0.1, 0.15) is 0 Å². The number of pyridine rings is 1. The molecule has 4 rings (SSSR count). The van der Waals surface area contributed by atoms with E-state index in [4.69, 9.17) is 0 Å². The molecule has 0 aliphatic heterocycles. The van der Waals surface area contributed by atoms with Gasteiger partial charge in [-0.3, -0.25) is 4.90 Å². The van der Waals surface area contributed by atoms with E-state index >= 15 is 0 Å². The Morgan fingerprint density at radius 3 is 2.59 bits per heavy atom. The lowest BCUT2D eigenvalue weighted by Gasteiger charge is -2.31. The maximum atomic E-state index is 13.6. The minimum absolute atomic E-state index is 0.403. The van der Waals surface area contributed by atoms with E-state index in [1.807, 2.05) is 6.07 Å². The molecule has 1 saturated carbocycles. The quantitative estimate of drug-likeness (QED) is 0.290. The summed E-state index contributed by atoms with van der Waals surface area (Å²) in [5.74, 6) is -0.403. The predicted molar refractivity (Wildman–Crippen MR) is 130 cm³/mol. The third-order valence-electron chi connectivity index (χ3n) is 6.91. The fourth-order valence-electron chi connectivity index (χ4n) is 5.06. The zero-order valence-electron chi connectivity index (χ0n) is 19.4.